The first-order valence-corrected chi connectivity index (χ1v) is 17.6. The second kappa shape index (κ2) is 13.5. The van der Waals surface area contributed by atoms with Crippen molar-refractivity contribution in [3.8, 4) is 5.75 Å². The maximum Gasteiger partial charge on any atom is 0.305 e. The van der Waals surface area contributed by atoms with Crippen molar-refractivity contribution in [3.63, 3.8) is 0 Å². The zero-order valence-corrected chi connectivity index (χ0v) is 28.2. The molecule has 260 valence electrons. The number of hydrogen-bond acceptors (Lipinski definition) is 13. The summed E-state index contributed by atoms with van der Waals surface area (Å²) in [6.45, 7) is 3.16. The topological polar surface area (TPSA) is 189 Å². The third-order valence-corrected chi connectivity index (χ3v) is 11.7. The quantitative estimate of drug-likeness (QED) is 0.126. The van der Waals surface area contributed by atoms with Gasteiger partial charge >= 0.3 is 5.97 Å². The summed E-state index contributed by atoms with van der Waals surface area (Å²) in [4.78, 5) is 59.1. The van der Waals surface area contributed by atoms with Crippen LogP contribution < -0.4 is 10.0 Å². The van der Waals surface area contributed by atoms with Gasteiger partial charge < -0.3 is 30.5 Å². The number of ether oxygens (including phenoxy) is 1. The molecule has 6 rings (SSSR count). The summed E-state index contributed by atoms with van der Waals surface area (Å²) < 4.78 is 9.50. The monoisotopic (exact) mass is 684 g/mol. The molecule has 1 saturated heterocycles. The molecule has 0 aromatic heterocycles. The van der Waals surface area contributed by atoms with Crippen LogP contribution in [0.5, 0.6) is 5.75 Å². The first-order valence-electron chi connectivity index (χ1n) is 16.7. The Bertz CT molecular complexity index is 1570. The number of nitrogens with zero attached hydrogens (tertiary/aromatic N) is 2. The number of ketones is 2. The van der Waals surface area contributed by atoms with E-state index in [1.165, 1.54) is 37.0 Å². The van der Waals surface area contributed by atoms with Crippen LogP contribution in [0.4, 0.5) is 0 Å². The van der Waals surface area contributed by atoms with Gasteiger partial charge in [0.15, 0.2) is 11.4 Å². The highest BCUT2D eigenvalue weighted by Crippen LogP contribution is 2.57. The van der Waals surface area contributed by atoms with Crippen LogP contribution in [-0.2, 0) is 23.9 Å². The molecule has 48 heavy (non-hydrogen) atoms. The molecular weight excluding hydrogens is 640 g/mol. The third-order valence-electron chi connectivity index (χ3n) is 10.5. The zero-order chi connectivity index (χ0) is 34.5. The lowest BCUT2D eigenvalue weighted by Crippen LogP contribution is -2.71. The van der Waals surface area contributed by atoms with E-state index in [1.54, 1.807) is 19.1 Å². The van der Waals surface area contributed by atoms with Crippen LogP contribution in [-0.4, -0.2) is 111 Å². The van der Waals surface area contributed by atoms with E-state index in [9.17, 15) is 39.6 Å². The highest BCUT2D eigenvalue weighted by atomic mass is 32.2. The van der Waals surface area contributed by atoms with Gasteiger partial charge in [0.25, 0.3) is 5.91 Å². The zero-order valence-electron chi connectivity index (χ0n) is 27.4. The fourth-order valence-corrected chi connectivity index (χ4v) is 9.31. The van der Waals surface area contributed by atoms with Crippen molar-refractivity contribution in [1.29, 1.82) is 0 Å². The molecule has 13 nitrogen and oxygen atoms in total. The average Bonchev–Trinajstić information content (AvgIpc) is 3.78. The van der Waals surface area contributed by atoms with Crippen LogP contribution in [0, 0.1) is 11.8 Å². The summed E-state index contributed by atoms with van der Waals surface area (Å²) in [7, 11) is 3.08. The number of hydrogen-bond donors (Lipinski definition) is 6. The molecule has 1 aromatic rings. The molecule has 5 aliphatic rings. The standard InChI is InChI=1S/C34H44N4O9S/c1-4-20(40)47-30-22-23(28(41)21-18(12-9-13-19(21)39)26(22)36-48-17-10-5-6-11-17)31(43)34(46)25(30)27(37(2)3)29(42)24(32(34)44)33(45)35-16-38-14-7-8-15-38/h9,12-13,17,22,25-27,30,36,39,41,44,46H,4-8,10-11,14-16H2,1-3H3,(H,35,45)/t22-,25+,26-,27-,30-,34-/m0/s1. The van der Waals surface area contributed by atoms with Crippen molar-refractivity contribution < 1.29 is 44.3 Å². The number of fused-ring (bicyclic) bond motifs is 3. The normalized spacial score (nSPS) is 30.8. The number of phenolic OH excluding ortho intramolecular Hbond substituents is 1. The fraction of sp³-hybridized carbons (Fsp3) is 0.588. The Balaban J connectivity index is 1.54. The van der Waals surface area contributed by atoms with Crippen molar-refractivity contribution in [1.82, 2.24) is 19.8 Å². The molecule has 1 aliphatic heterocycles. The lowest BCUT2D eigenvalue weighted by molar-refractivity contribution is -0.185. The molecule has 0 radical (unpaired) electrons. The second-order valence-corrected chi connectivity index (χ2v) is 14.7. The molecule has 6 atom stereocenters. The molecule has 0 spiro atoms. The fourth-order valence-electron chi connectivity index (χ4n) is 8.13. The Labute approximate surface area is 283 Å². The molecule has 2 saturated carbocycles. The SMILES string of the molecule is CCC(=O)O[C@H]1[C@H]2C(=C(O)c3c(O)cccc3[C@@H]2NSC2CCCC2)C(=O)[C@]2(O)C(O)=C(C(=O)NCN3CCCC3)C(=O)[C@@H](N(C)C)[C@H]12. The van der Waals surface area contributed by atoms with Crippen LogP contribution in [0.3, 0.4) is 0 Å². The van der Waals surface area contributed by atoms with Crippen LogP contribution >= 0.6 is 11.9 Å². The second-order valence-electron chi connectivity index (χ2n) is 13.6. The van der Waals surface area contributed by atoms with Crippen LogP contribution in [0.15, 0.2) is 35.1 Å². The highest BCUT2D eigenvalue weighted by molar-refractivity contribution is 7.98. The summed E-state index contributed by atoms with van der Waals surface area (Å²) >= 11 is 1.46. The number of aliphatic hydroxyl groups is 3. The van der Waals surface area contributed by atoms with Gasteiger partial charge in [-0.3, -0.25) is 33.7 Å². The van der Waals surface area contributed by atoms with Gasteiger partial charge in [-0.05, 0) is 64.5 Å². The molecule has 6 N–H and O–H groups in total. The Morgan fingerprint density at radius 3 is 2.42 bits per heavy atom. The van der Waals surface area contributed by atoms with Gasteiger partial charge in [0.05, 0.1) is 35.8 Å². The number of nitrogens with one attached hydrogen (secondary N) is 2. The number of carbonyl (C=O) groups is 4. The molecule has 4 aliphatic carbocycles. The molecule has 14 heteroatoms. The van der Waals surface area contributed by atoms with Gasteiger partial charge in [-0.15, -0.1) is 0 Å². The van der Waals surface area contributed by atoms with E-state index in [2.05, 4.69) is 10.0 Å². The number of benzene rings is 1. The number of esters is 1. The Hall–Kier alpha value is -3.43. The first kappa shape index (κ1) is 34.4. The van der Waals surface area contributed by atoms with E-state index in [1.807, 2.05) is 4.90 Å². The number of Topliss-reactive ketones (excluding diaryl/α,β-unsaturated/α-hetero) is 2. The number of carbonyl (C=O) groups excluding carboxylic acids is 4. The molecule has 1 heterocycles. The third kappa shape index (κ3) is 5.60. The van der Waals surface area contributed by atoms with Crippen molar-refractivity contribution >= 4 is 41.2 Å². The Morgan fingerprint density at radius 2 is 1.77 bits per heavy atom. The van der Waals surface area contributed by atoms with Crippen molar-refractivity contribution in [2.75, 3.05) is 33.9 Å². The minimum absolute atomic E-state index is 0.0349. The van der Waals surface area contributed by atoms with Crippen molar-refractivity contribution in [3.05, 3.63) is 46.2 Å². The lowest BCUT2D eigenvalue weighted by Gasteiger charge is -2.54. The first-order chi connectivity index (χ1) is 22.9. The number of likely N-dealkylation sites (tertiary alicyclic amines) is 1. The number of amides is 1. The summed E-state index contributed by atoms with van der Waals surface area (Å²) in [5.41, 5.74) is -3.70. The van der Waals surface area contributed by atoms with E-state index in [0.29, 0.717) is 5.56 Å². The van der Waals surface area contributed by atoms with E-state index >= 15 is 0 Å². The minimum atomic E-state index is -2.95. The molecular formula is C34H44N4O9S. The summed E-state index contributed by atoms with van der Waals surface area (Å²) in [6, 6.07) is 2.42. The highest BCUT2D eigenvalue weighted by Gasteiger charge is 2.70. The maximum atomic E-state index is 14.8. The van der Waals surface area contributed by atoms with E-state index in [0.717, 1.165) is 51.6 Å². The van der Waals surface area contributed by atoms with Gasteiger partial charge in [0.1, 0.15) is 28.9 Å². The molecule has 1 amide bonds. The molecule has 0 bridgehead atoms. The predicted molar refractivity (Wildman–Crippen MR) is 176 cm³/mol. The lowest BCUT2D eigenvalue weighted by atomic mass is 9.55. The Kier molecular flexibility index (Phi) is 9.66. The number of aliphatic hydroxyl groups excluding tert-OH is 2. The molecule has 0 unspecified atom stereocenters. The minimum Gasteiger partial charge on any atom is -0.508 e. The van der Waals surface area contributed by atoms with Crippen molar-refractivity contribution in [2.24, 2.45) is 11.8 Å². The van der Waals surface area contributed by atoms with E-state index < -0.39 is 76.2 Å². The van der Waals surface area contributed by atoms with Gasteiger partial charge in [-0.1, -0.05) is 43.8 Å². The number of aromatic hydroxyl groups is 1. The van der Waals surface area contributed by atoms with Crippen LogP contribution in [0.2, 0.25) is 0 Å². The van der Waals surface area contributed by atoms with Gasteiger partial charge in [0.2, 0.25) is 5.78 Å². The van der Waals surface area contributed by atoms with Crippen LogP contribution in [0.25, 0.3) is 5.76 Å². The molecule has 3 fully saturated rings. The van der Waals surface area contributed by atoms with E-state index in [4.69, 9.17) is 4.74 Å². The van der Waals surface area contributed by atoms with Gasteiger partial charge in [-0.2, -0.15) is 0 Å². The smallest absolute Gasteiger partial charge is 0.305 e. The summed E-state index contributed by atoms with van der Waals surface area (Å²) in [6.07, 6.45) is 4.43. The largest absolute Gasteiger partial charge is 0.508 e. The number of rotatable bonds is 9. The number of phenols is 1. The van der Waals surface area contributed by atoms with Gasteiger partial charge in [0, 0.05) is 17.6 Å². The maximum absolute atomic E-state index is 14.8. The number of likely N-dealkylation sites (N-methyl/N-ethyl adjacent to an activating group) is 1. The van der Waals surface area contributed by atoms with Gasteiger partial charge in [-0.25, -0.2) is 0 Å². The van der Waals surface area contributed by atoms with E-state index in [-0.39, 0.29) is 35.2 Å². The Morgan fingerprint density at radius 1 is 1.08 bits per heavy atom. The average molecular weight is 685 g/mol. The van der Waals surface area contributed by atoms with Crippen LogP contribution in [0.1, 0.15) is 69.0 Å². The predicted octanol–water partition coefficient (Wildman–Crippen LogP) is 2.26. The van der Waals surface area contributed by atoms with Crippen molar-refractivity contribution in [2.45, 2.75) is 80.9 Å². The summed E-state index contributed by atoms with van der Waals surface area (Å²) in [5, 5.41) is 49.9. The summed E-state index contributed by atoms with van der Waals surface area (Å²) in [5.74, 6) is -8.47. The molecule has 1 aromatic carbocycles.